The van der Waals surface area contributed by atoms with E-state index >= 15 is 0 Å². The van der Waals surface area contributed by atoms with Gasteiger partial charge in [0.05, 0.1) is 0 Å². The highest BCUT2D eigenvalue weighted by molar-refractivity contribution is 5.10. The monoisotopic (exact) mass is 249 g/mol. The van der Waals surface area contributed by atoms with Crippen molar-refractivity contribution in [1.29, 1.82) is 0 Å². The van der Waals surface area contributed by atoms with Gasteiger partial charge in [-0.3, -0.25) is 9.88 Å². The van der Waals surface area contributed by atoms with E-state index in [9.17, 15) is 0 Å². The molecule has 0 saturated carbocycles. The van der Waals surface area contributed by atoms with E-state index in [0.717, 1.165) is 38.9 Å². The normalized spacial score (nSPS) is 12.1. The van der Waals surface area contributed by atoms with Crippen LogP contribution in [0.3, 0.4) is 0 Å². The molecule has 0 aliphatic heterocycles. The number of hydrogen-bond donors (Lipinski definition) is 1. The average molecular weight is 249 g/mol. The second kappa shape index (κ2) is 7.49. The molecule has 102 valence electrons. The maximum Gasteiger partial charge on any atom is 0.0330 e. The molecule has 0 spiro atoms. The SMILES string of the molecule is CCCN(Cc1ccncc1)C(CC)(CC)CN. The van der Waals surface area contributed by atoms with Crippen LogP contribution in [-0.4, -0.2) is 28.5 Å². The Morgan fingerprint density at radius 1 is 1.17 bits per heavy atom. The minimum atomic E-state index is 0.138. The third-order valence-electron chi connectivity index (χ3n) is 3.98. The first kappa shape index (κ1) is 15.1. The van der Waals surface area contributed by atoms with Crippen LogP contribution in [0.15, 0.2) is 24.5 Å². The number of hydrogen-bond acceptors (Lipinski definition) is 3. The summed E-state index contributed by atoms with van der Waals surface area (Å²) in [6, 6.07) is 4.19. The van der Waals surface area contributed by atoms with Crippen LogP contribution in [0, 0.1) is 0 Å². The minimum absolute atomic E-state index is 0.138. The van der Waals surface area contributed by atoms with Crippen molar-refractivity contribution in [3.8, 4) is 0 Å². The summed E-state index contributed by atoms with van der Waals surface area (Å²) in [7, 11) is 0. The maximum absolute atomic E-state index is 6.06. The molecule has 0 bridgehead atoms. The van der Waals surface area contributed by atoms with Gasteiger partial charge in [0.2, 0.25) is 0 Å². The quantitative estimate of drug-likeness (QED) is 0.770. The first-order chi connectivity index (χ1) is 8.72. The van der Waals surface area contributed by atoms with Crippen LogP contribution in [-0.2, 0) is 6.54 Å². The fourth-order valence-corrected chi connectivity index (χ4v) is 2.58. The van der Waals surface area contributed by atoms with Crippen molar-refractivity contribution >= 4 is 0 Å². The number of pyridine rings is 1. The zero-order valence-electron chi connectivity index (χ0n) is 12.0. The van der Waals surface area contributed by atoms with Gasteiger partial charge in [-0.1, -0.05) is 20.8 Å². The van der Waals surface area contributed by atoms with Crippen molar-refractivity contribution in [2.45, 2.75) is 52.1 Å². The standard InChI is InChI=1S/C15H27N3/c1-4-11-18(15(5-2,6-3)13-16)12-14-7-9-17-10-8-14/h7-10H,4-6,11-13,16H2,1-3H3. The van der Waals surface area contributed by atoms with Crippen LogP contribution in [0.25, 0.3) is 0 Å². The molecule has 1 aromatic heterocycles. The van der Waals surface area contributed by atoms with Crippen LogP contribution in [0.1, 0.15) is 45.6 Å². The molecule has 0 aliphatic rings. The molecule has 0 atom stereocenters. The molecule has 0 unspecified atom stereocenters. The summed E-state index contributed by atoms with van der Waals surface area (Å²) < 4.78 is 0. The zero-order valence-corrected chi connectivity index (χ0v) is 12.0. The van der Waals surface area contributed by atoms with Crippen molar-refractivity contribution in [3.63, 3.8) is 0 Å². The smallest absolute Gasteiger partial charge is 0.0330 e. The Labute approximate surface area is 111 Å². The van der Waals surface area contributed by atoms with E-state index in [-0.39, 0.29) is 5.54 Å². The molecular weight excluding hydrogens is 222 g/mol. The molecule has 1 aromatic rings. The fourth-order valence-electron chi connectivity index (χ4n) is 2.58. The van der Waals surface area contributed by atoms with Crippen LogP contribution in [0.2, 0.25) is 0 Å². The molecule has 1 heterocycles. The van der Waals surface area contributed by atoms with Gasteiger partial charge in [-0.15, -0.1) is 0 Å². The Balaban J connectivity index is 2.87. The zero-order chi connectivity index (χ0) is 13.4. The van der Waals surface area contributed by atoms with Crippen molar-refractivity contribution in [1.82, 2.24) is 9.88 Å². The highest BCUT2D eigenvalue weighted by Crippen LogP contribution is 2.25. The third kappa shape index (κ3) is 3.53. The summed E-state index contributed by atoms with van der Waals surface area (Å²) in [6.07, 6.45) is 7.09. The Morgan fingerprint density at radius 2 is 1.78 bits per heavy atom. The minimum Gasteiger partial charge on any atom is -0.329 e. The summed E-state index contributed by atoms with van der Waals surface area (Å²) in [5.74, 6) is 0. The van der Waals surface area contributed by atoms with Gasteiger partial charge in [-0.25, -0.2) is 0 Å². The second-order valence-electron chi connectivity index (χ2n) is 4.91. The lowest BCUT2D eigenvalue weighted by Crippen LogP contribution is -2.53. The van der Waals surface area contributed by atoms with Gasteiger partial charge in [0, 0.05) is 31.0 Å². The molecule has 3 heteroatoms. The van der Waals surface area contributed by atoms with E-state index in [1.165, 1.54) is 5.56 Å². The van der Waals surface area contributed by atoms with Gasteiger partial charge >= 0.3 is 0 Å². The summed E-state index contributed by atoms with van der Waals surface area (Å²) in [6.45, 7) is 9.50. The molecule has 3 nitrogen and oxygen atoms in total. The first-order valence-corrected chi connectivity index (χ1v) is 7.06. The average Bonchev–Trinajstić information content (AvgIpc) is 2.43. The summed E-state index contributed by atoms with van der Waals surface area (Å²) >= 11 is 0. The van der Waals surface area contributed by atoms with E-state index in [4.69, 9.17) is 5.73 Å². The number of aromatic nitrogens is 1. The largest absolute Gasteiger partial charge is 0.329 e. The molecule has 2 N–H and O–H groups in total. The van der Waals surface area contributed by atoms with E-state index < -0.39 is 0 Å². The van der Waals surface area contributed by atoms with Crippen molar-refractivity contribution in [2.24, 2.45) is 5.73 Å². The molecular formula is C15H27N3. The van der Waals surface area contributed by atoms with Crippen LogP contribution >= 0.6 is 0 Å². The van der Waals surface area contributed by atoms with Crippen LogP contribution < -0.4 is 5.73 Å². The lowest BCUT2D eigenvalue weighted by atomic mass is 9.90. The summed E-state index contributed by atoms with van der Waals surface area (Å²) in [5.41, 5.74) is 7.52. The molecule has 0 aromatic carbocycles. The first-order valence-electron chi connectivity index (χ1n) is 7.06. The topological polar surface area (TPSA) is 42.2 Å². The molecule has 0 fully saturated rings. The fraction of sp³-hybridized carbons (Fsp3) is 0.667. The second-order valence-corrected chi connectivity index (χ2v) is 4.91. The highest BCUT2D eigenvalue weighted by atomic mass is 15.2. The van der Waals surface area contributed by atoms with E-state index in [1.807, 2.05) is 12.4 Å². The Morgan fingerprint density at radius 3 is 2.22 bits per heavy atom. The molecule has 18 heavy (non-hydrogen) atoms. The predicted molar refractivity (Wildman–Crippen MR) is 77.3 cm³/mol. The molecule has 0 radical (unpaired) electrons. The van der Waals surface area contributed by atoms with E-state index in [2.05, 4.69) is 42.8 Å². The Kier molecular flexibility index (Phi) is 6.30. The molecule has 0 aliphatic carbocycles. The molecule has 0 amide bonds. The Bertz CT molecular complexity index is 312. The van der Waals surface area contributed by atoms with Gasteiger partial charge < -0.3 is 5.73 Å². The van der Waals surface area contributed by atoms with Gasteiger partial charge in [-0.05, 0) is 43.5 Å². The van der Waals surface area contributed by atoms with Gasteiger partial charge in [0.25, 0.3) is 0 Å². The van der Waals surface area contributed by atoms with Crippen molar-refractivity contribution < 1.29 is 0 Å². The van der Waals surface area contributed by atoms with Gasteiger partial charge in [-0.2, -0.15) is 0 Å². The Hall–Kier alpha value is -0.930. The lowest BCUT2D eigenvalue weighted by molar-refractivity contribution is 0.0766. The number of nitrogens with zero attached hydrogens (tertiary/aromatic N) is 2. The van der Waals surface area contributed by atoms with E-state index in [1.54, 1.807) is 0 Å². The van der Waals surface area contributed by atoms with Gasteiger partial charge in [0.1, 0.15) is 0 Å². The van der Waals surface area contributed by atoms with E-state index in [0.29, 0.717) is 0 Å². The van der Waals surface area contributed by atoms with Crippen molar-refractivity contribution in [3.05, 3.63) is 30.1 Å². The molecule has 1 rings (SSSR count). The highest BCUT2D eigenvalue weighted by Gasteiger charge is 2.31. The number of nitrogens with two attached hydrogens (primary N) is 1. The van der Waals surface area contributed by atoms with Gasteiger partial charge in [0.15, 0.2) is 0 Å². The summed E-state index contributed by atoms with van der Waals surface area (Å²) in [5, 5.41) is 0. The lowest BCUT2D eigenvalue weighted by Gasteiger charge is -2.42. The van der Waals surface area contributed by atoms with Crippen LogP contribution in [0.4, 0.5) is 0 Å². The summed E-state index contributed by atoms with van der Waals surface area (Å²) in [4.78, 5) is 6.62. The van der Waals surface area contributed by atoms with Crippen LogP contribution in [0.5, 0.6) is 0 Å². The number of rotatable bonds is 8. The van der Waals surface area contributed by atoms with Crippen molar-refractivity contribution in [2.75, 3.05) is 13.1 Å². The predicted octanol–water partition coefficient (Wildman–Crippen LogP) is 2.81. The maximum atomic E-state index is 6.06. The third-order valence-corrected chi connectivity index (χ3v) is 3.98. The molecule has 0 saturated heterocycles.